The van der Waals surface area contributed by atoms with Gasteiger partial charge in [-0.15, -0.1) is 0 Å². The van der Waals surface area contributed by atoms with E-state index >= 15 is 0 Å². The molecule has 1 aromatic carbocycles. The van der Waals surface area contributed by atoms with Crippen LogP contribution in [0, 0.1) is 11.2 Å². The monoisotopic (exact) mass is 333 g/mol. The number of halogens is 1. The first-order chi connectivity index (χ1) is 11.6. The van der Waals surface area contributed by atoms with Crippen molar-refractivity contribution in [2.45, 2.75) is 31.1 Å². The summed E-state index contributed by atoms with van der Waals surface area (Å²) in [4.78, 5) is 15.5. The van der Waals surface area contributed by atoms with Gasteiger partial charge >= 0.3 is 0 Å². The van der Waals surface area contributed by atoms with Crippen molar-refractivity contribution in [2.24, 2.45) is 5.41 Å². The molecule has 0 bridgehead atoms. The number of nitrogens with zero attached hydrogens (tertiary/aromatic N) is 1. The van der Waals surface area contributed by atoms with Crippen LogP contribution in [0.15, 0.2) is 24.3 Å². The molecule has 3 heterocycles. The highest BCUT2D eigenvalue weighted by Crippen LogP contribution is 2.42. The first-order valence-electron chi connectivity index (χ1n) is 8.85. The van der Waals surface area contributed by atoms with Crippen molar-refractivity contribution < 1.29 is 18.7 Å². The molecule has 130 valence electrons. The first-order valence-corrected chi connectivity index (χ1v) is 8.85. The summed E-state index contributed by atoms with van der Waals surface area (Å²) >= 11 is 0. The van der Waals surface area contributed by atoms with Gasteiger partial charge in [0.25, 0.3) is 0 Å². The molecule has 3 aliphatic rings. The molecule has 3 saturated heterocycles. The second-order valence-electron chi connectivity index (χ2n) is 7.48. The Hall–Kier alpha value is -1.46. The Labute approximate surface area is 141 Å². The highest BCUT2D eigenvalue weighted by Gasteiger charge is 2.49. The lowest BCUT2D eigenvalue weighted by atomic mass is 9.73. The highest BCUT2D eigenvalue weighted by molar-refractivity contribution is 5.88. The third-order valence-corrected chi connectivity index (χ3v) is 6.04. The Kier molecular flexibility index (Phi) is 4.09. The standard InChI is InChI=1S/C19H24FNO3/c20-16-3-1-2-15(12-16)19(6-10-23-11-7-19)17(22)21-8-4-18(13-21)5-9-24-14-18/h1-3,12H,4-11,13-14H2. The average molecular weight is 333 g/mol. The molecular weight excluding hydrogens is 309 g/mol. The van der Waals surface area contributed by atoms with Gasteiger partial charge < -0.3 is 14.4 Å². The fourth-order valence-electron chi connectivity index (χ4n) is 4.51. The van der Waals surface area contributed by atoms with Crippen molar-refractivity contribution in [3.05, 3.63) is 35.6 Å². The largest absolute Gasteiger partial charge is 0.381 e. The minimum atomic E-state index is -0.647. The molecule has 0 N–H and O–H groups in total. The molecule has 1 spiro atoms. The Balaban J connectivity index is 1.63. The van der Waals surface area contributed by atoms with Gasteiger partial charge in [0.1, 0.15) is 5.82 Å². The topological polar surface area (TPSA) is 38.8 Å². The van der Waals surface area contributed by atoms with Crippen LogP contribution in [-0.4, -0.2) is 50.3 Å². The summed E-state index contributed by atoms with van der Waals surface area (Å²) in [6.45, 7) is 4.19. The zero-order valence-electron chi connectivity index (χ0n) is 13.9. The summed E-state index contributed by atoms with van der Waals surface area (Å²) in [6, 6.07) is 6.54. The summed E-state index contributed by atoms with van der Waals surface area (Å²) in [5.41, 5.74) is 0.286. The fourth-order valence-corrected chi connectivity index (χ4v) is 4.51. The van der Waals surface area contributed by atoms with Crippen molar-refractivity contribution in [1.29, 1.82) is 0 Å². The SMILES string of the molecule is O=C(N1CCC2(CCOC2)C1)C1(c2cccc(F)c2)CCOCC1. The predicted molar refractivity (Wildman–Crippen MR) is 87.2 cm³/mol. The lowest BCUT2D eigenvalue weighted by molar-refractivity contribution is -0.140. The van der Waals surface area contributed by atoms with Crippen molar-refractivity contribution in [3.8, 4) is 0 Å². The number of benzene rings is 1. The Morgan fingerprint density at radius 1 is 1.08 bits per heavy atom. The zero-order chi connectivity index (χ0) is 16.6. The zero-order valence-corrected chi connectivity index (χ0v) is 13.9. The Morgan fingerprint density at radius 3 is 2.58 bits per heavy atom. The number of likely N-dealkylation sites (tertiary alicyclic amines) is 1. The average Bonchev–Trinajstić information content (AvgIpc) is 3.25. The summed E-state index contributed by atoms with van der Waals surface area (Å²) in [5.74, 6) is -0.145. The molecular formula is C19H24FNO3. The quantitative estimate of drug-likeness (QED) is 0.835. The fraction of sp³-hybridized carbons (Fsp3) is 0.632. The predicted octanol–water partition coefficient (Wildman–Crippen LogP) is 2.51. The van der Waals surface area contributed by atoms with Gasteiger partial charge in [-0.25, -0.2) is 4.39 Å². The second-order valence-corrected chi connectivity index (χ2v) is 7.48. The molecule has 1 unspecified atom stereocenters. The molecule has 1 aromatic rings. The van der Waals surface area contributed by atoms with Crippen LogP contribution in [-0.2, 0) is 19.7 Å². The van der Waals surface area contributed by atoms with E-state index in [-0.39, 0.29) is 17.1 Å². The van der Waals surface area contributed by atoms with E-state index in [4.69, 9.17) is 9.47 Å². The van der Waals surface area contributed by atoms with Gasteiger partial charge in [0.2, 0.25) is 5.91 Å². The molecule has 0 saturated carbocycles. The van der Waals surface area contributed by atoms with Gasteiger partial charge in [0.15, 0.2) is 0 Å². The minimum Gasteiger partial charge on any atom is -0.381 e. The maximum absolute atomic E-state index is 13.8. The number of ether oxygens (including phenoxy) is 2. The van der Waals surface area contributed by atoms with Crippen LogP contribution in [0.25, 0.3) is 0 Å². The Bertz CT molecular complexity index is 621. The molecule has 0 aromatic heterocycles. The summed E-state index contributed by atoms with van der Waals surface area (Å²) < 4.78 is 24.9. The number of carbonyl (C=O) groups excluding carboxylic acids is 1. The van der Waals surface area contributed by atoms with E-state index in [1.807, 2.05) is 11.0 Å². The number of hydrogen-bond acceptors (Lipinski definition) is 3. The van der Waals surface area contributed by atoms with Gasteiger partial charge in [0, 0.05) is 38.3 Å². The van der Waals surface area contributed by atoms with Crippen molar-refractivity contribution in [1.82, 2.24) is 4.90 Å². The van der Waals surface area contributed by atoms with Crippen LogP contribution >= 0.6 is 0 Å². The summed E-state index contributed by atoms with van der Waals surface area (Å²) in [6.07, 6.45) is 3.28. The summed E-state index contributed by atoms with van der Waals surface area (Å²) in [5, 5.41) is 0. The van der Waals surface area contributed by atoms with E-state index in [1.54, 1.807) is 6.07 Å². The minimum absolute atomic E-state index is 0.139. The molecule has 4 nitrogen and oxygen atoms in total. The molecule has 3 fully saturated rings. The first kappa shape index (κ1) is 16.0. The maximum Gasteiger partial charge on any atom is 0.233 e. The molecule has 4 rings (SSSR count). The number of carbonyl (C=O) groups is 1. The number of rotatable bonds is 2. The Morgan fingerprint density at radius 2 is 1.88 bits per heavy atom. The van der Waals surface area contributed by atoms with E-state index in [1.165, 1.54) is 12.1 Å². The second kappa shape index (κ2) is 6.12. The summed E-state index contributed by atoms with van der Waals surface area (Å²) in [7, 11) is 0. The smallest absolute Gasteiger partial charge is 0.233 e. The van der Waals surface area contributed by atoms with Crippen LogP contribution in [0.3, 0.4) is 0 Å². The van der Waals surface area contributed by atoms with Crippen LogP contribution in [0.5, 0.6) is 0 Å². The lowest BCUT2D eigenvalue weighted by Crippen LogP contribution is -2.49. The van der Waals surface area contributed by atoms with Crippen molar-refractivity contribution in [3.63, 3.8) is 0 Å². The van der Waals surface area contributed by atoms with E-state index in [2.05, 4.69) is 0 Å². The van der Waals surface area contributed by atoms with Gasteiger partial charge in [-0.1, -0.05) is 12.1 Å². The van der Waals surface area contributed by atoms with Crippen LogP contribution in [0.2, 0.25) is 0 Å². The van der Waals surface area contributed by atoms with Crippen molar-refractivity contribution in [2.75, 3.05) is 39.5 Å². The molecule has 0 aliphatic carbocycles. The van der Waals surface area contributed by atoms with E-state index in [9.17, 15) is 9.18 Å². The molecule has 1 atom stereocenters. The van der Waals surface area contributed by atoms with Gasteiger partial charge in [-0.2, -0.15) is 0 Å². The molecule has 3 aliphatic heterocycles. The van der Waals surface area contributed by atoms with Crippen molar-refractivity contribution >= 4 is 5.91 Å². The number of amides is 1. The third kappa shape index (κ3) is 2.64. The highest BCUT2D eigenvalue weighted by atomic mass is 19.1. The van der Waals surface area contributed by atoms with E-state index in [0.717, 1.165) is 44.7 Å². The van der Waals surface area contributed by atoms with E-state index in [0.29, 0.717) is 26.1 Å². The van der Waals surface area contributed by atoms with Gasteiger partial charge in [-0.05, 0) is 43.4 Å². The van der Waals surface area contributed by atoms with E-state index < -0.39 is 5.41 Å². The van der Waals surface area contributed by atoms with Crippen LogP contribution < -0.4 is 0 Å². The third-order valence-electron chi connectivity index (χ3n) is 6.04. The lowest BCUT2D eigenvalue weighted by Gasteiger charge is -2.39. The van der Waals surface area contributed by atoms with Crippen LogP contribution in [0.4, 0.5) is 4.39 Å². The van der Waals surface area contributed by atoms with Crippen LogP contribution in [0.1, 0.15) is 31.2 Å². The number of hydrogen-bond donors (Lipinski definition) is 0. The molecule has 5 heteroatoms. The maximum atomic E-state index is 13.8. The normalized spacial score (nSPS) is 29.3. The molecule has 0 radical (unpaired) electrons. The molecule has 24 heavy (non-hydrogen) atoms. The van der Waals surface area contributed by atoms with Gasteiger partial charge in [0.05, 0.1) is 12.0 Å². The van der Waals surface area contributed by atoms with Gasteiger partial charge in [-0.3, -0.25) is 4.79 Å². The molecule has 1 amide bonds.